The van der Waals surface area contributed by atoms with Gasteiger partial charge in [0, 0.05) is 30.1 Å². The van der Waals surface area contributed by atoms with Crippen molar-refractivity contribution in [1.29, 1.82) is 0 Å². The molecule has 0 N–H and O–H groups in total. The van der Waals surface area contributed by atoms with Gasteiger partial charge < -0.3 is 14.1 Å². The van der Waals surface area contributed by atoms with Gasteiger partial charge in [0.15, 0.2) is 6.61 Å². The van der Waals surface area contributed by atoms with Crippen LogP contribution in [-0.4, -0.2) is 30.5 Å². The summed E-state index contributed by atoms with van der Waals surface area (Å²) in [5.74, 6) is 1.54. The minimum atomic E-state index is -0.0647. The Kier molecular flexibility index (Phi) is 4.60. The maximum atomic E-state index is 12.2. The fraction of sp³-hybridized carbons (Fsp3) is 0.312. The molecule has 1 aliphatic rings. The molecule has 1 amide bonds. The molecule has 1 aromatic heterocycles. The number of furan rings is 1. The zero-order valence-electron chi connectivity index (χ0n) is 11.8. The first-order valence-electron chi connectivity index (χ1n) is 7.02. The van der Waals surface area contributed by atoms with Crippen molar-refractivity contribution in [2.75, 3.05) is 19.7 Å². The van der Waals surface area contributed by atoms with Crippen LogP contribution in [0.15, 0.2) is 41.0 Å². The van der Waals surface area contributed by atoms with Crippen LogP contribution in [0.25, 0.3) is 0 Å². The average molecular weight is 340 g/mol. The molecule has 0 aliphatic carbocycles. The van der Waals surface area contributed by atoms with Crippen molar-refractivity contribution in [3.8, 4) is 5.75 Å². The van der Waals surface area contributed by atoms with Crippen molar-refractivity contribution in [2.24, 2.45) is 0 Å². The zero-order chi connectivity index (χ0) is 15.5. The van der Waals surface area contributed by atoms with Crippen molar-refractivity contribution in [2.45, 2.75) is 12.3 Å². The topological polar surface area (TPSA) is 42.7 Å². The predicted molar refractivity (Wildman–Crippen MR) is 84.6 cm³/mol. The van der Waals surface area contributed by atoms with Crippen LogP contribution >= 0.6 is 23.2 Å². The smallest absolute Gasteiger partial charge is 0.260 e. The fourth-order valence-corrected chi connectivity index (χ4v) is 2.90. The van der Waals surface area contributed by atoms with Crippen molar-refractivity contribution >= 4 is 29.1 Å². The van der Waals surface area contributed by atoms with E-state index in [1.807, 2.05) is 12.1 Å². The number of hydrogen-bond acceptors (Lipinski definition) is 3. The van der Waals surface area contributed by atoms with E-state index in [0.29, 0.717) is 28.9 Å². The van der Waals surface area contributed by atoms with Gasteiger partial charge in [0.05, 0.1) is 11.3 Å². The van der Waals surface area contributed by atoms with Crippen LogP contribution in [0.4, 0.5) is 0 Å². The quantitative estimate of drug-likeness (QED) is 0.845. The molecule has 1 saturated heterocycles. The number of benzene rings is 1. The molecule has 4 nitrogen and oxygen atoms in total. The summed E-state index contributed by atoms with van der Waals surface area (Å²) in [7, 11) is 0. The van der Waals surface area contributed by atoms with Crippen molar-refractivity contribution in [3.05, 3.63) is 52.4 Å². The van der Waals surface area contributed by atoms with Crippen molar-refractivity contribution in [1.82, 2.24) is 4.90 Å². The molecule has 6 heteroatoms. The van der Waals surface area contributed by atoms with Gasteiger partial charge in [0.1, 0.15) is 11.5 Å². The summed E-state index contributed by atoms with van der Waals surface area (Å²) in [5.41, 5.74) is 0. The minimum Gasteiger partial charge on any atom is -0.482 e. The third-order valence-corrected chi connectivity index (χ3v) is 4.28. The lowest BCUT2D eigenvalue weighted by Crippen LogP contribution is -2.32. The average Bonchev–Trinajstić information content (AvgIpc) is 3.18. The van der Waals surface area contributed by atoms with Gasteiger partial charge in [0.2, 0.25) is 0 Å². The summed E-state index contributed by atoms with van der Waals surface area (Å²) < 4.78 is 10.9. The Morgan fingerprint density at radius 1 is 1.36 bits per heavy atom. The molecule has 0 bridgehead atoms. The highest BCUT2D eigenvalue weighted by Crippen LogP contribution is 2.29. The normalized spacial score (nSPS) is 17.7. The van der Waals surface area contributed by atoms with E-state index in [9.17, 15) is 4.79 Å². The monoisotopic (exact) mass is 339 g/mol. The van der Waals surface area contributed by atoms with Gasteiger partial charge in [-0.15, -0.1) is 0 Å². The molecule has 0 radical (unpaired) electrons. The molecule has 22 heavy (non-hydrogen) atoms. The second kappa shape index (κ2) is 6.63. The Hall–Kier alpha value is -1.65. The summed E-state index contributed by atoms with van der Waals surface area (Å²) in [6.45, 7) is 1.31. The van der Waals surface area contributed by atoms with Gasteiger partial charge in [-0.3, -0.25) is 4.79 Å². The standard InChI is InChI=1S/C16H15Cl2NO3/c17-12-3-4-13(18)15(8-12)22-10-16(20)19-6-5-11(9-19)14-2-1-7-21-14/h1-4,7-8,11H,5-6,9-10H2. The number of likely N-dealkylation sites (tertiary alicyclic amines) is 1. The van der Waals surface area contributed by atoms with E-state index in [0.717, 1.165) is 12.2 Å². The van der Waals surface area contributed by atoms with E-state index >= 15 is 0 Å². The number of rotatable bonds is 4. The number of carbonyl (C=O) groups excluding carboxylic acids is 1. The van der Waals surface area contributed by atoms with Crippen LogP contribution in [0, 0.1) is 0 Å². The Bertz CT molecular complexity index is 657. The lowest BCUT2D eigenvalue weighted by atomic mass is 10.1. The zero-order valence-corrected chi connectivity index (χ0v) is 13.3. The number of ether oxygens (including phenoxy) is 1. The first kappa shape index (κ1) is 15.3. The highest BCUT2D eigenvalue weighted by molar-refractivity contribution is 6.34. The lowest BCUT2D eigenvalue weighted by molar-refractivity contribution is -0.132. The molecule has 2 aromatic rings. The van der Waals surface area contributed by atoms with Gasteiger partial charge in [-0.2, -0.15) is 0 Å². The van der Waals surface area contributed by atoms with Crippen LogP contribution in [0.1, 0.15) is 18.1 Å². The van der Waals surface area contributed by atoms with Gasteiger partial charge in [-0.1, -0.05) is 23.2 Å². The Labute approximate surface area is 138 Å². The third kappa shape index (κ3) is 3.39. The molecular formula is C16H15Cl2NO3. The molecule has 1 aromatic carbocycles. The maximum absolute atomic E-state index is 12.2. The SMILES string of the molecule is O=C(COc1cc(Cl)ccc1Cl)N1CCC(c2ccco2)C1. The largest absolute Gasteiger partial charge is 0.482 e. The summed E-state index contributed by atoms with van der Waals surface area (Å²) >= 11 is 11.9. The van der Waals surface area contributed by atoms with Crippen molar-refractivity contribution in [3.63, 3.8) is 0 Å². The molecule has 1 atom stereocenters. The summed E-state index contributed by atoms with van der Waals surface area (Å²) in [4.78, 5) is 14.0. The second-order valence-corrected chi connectivity index (χ2v) is 6.05. The molecular weight excluding hydrogens is 325 g/mol. The van der Waals surface area contributed by atoms with E-state index in [2.05, 4.69) is 0 Å². The van der Waals surface area contributed by atoms with Crippen LogP contribution in [0.3, 0.4) is 0 Å². The predicted octanol–water partition coefficient (Wildman–Crippen LogP) is 3.98. The lowest BCUT2D eigenvalue weighted by Gasteiger charge is -2.17. The molecule has 0 saturated carbocycles. The van der Waals surface area contributed by atoms with Gasteiger partial charge in [0.25, 0.3) is 5.91 Å². The van der Waals surface area contributed by atoms with Gasteiger partial charge in [-0.25, -0.2) is 0 Å². The van der Waals surface area contributed by atoms with E-state index in [1.165, 1.54) is 0 Å². The minimum absolute atomic E-state index is 0.0507. The third-order valence-electron chi connectivity index (χ3n) is 3.73. The van der Waals surface area contributed by atoms with E-state index in [-0.39, 0.29) is 18.4 Å². The van der Waals surface area contributed by atoms with Crippen molar-refractivity contribution < 1.29 is 13.9 Å². The van der Waals surface area contributed by atoms with Crippen LogP contribution in [0.2, 0.25) is 10.0 Å². The second-order valence-electron chi connectivity index (χ2n) is 5.20. The first-order chi connectivity index (χ1) is 10.6. The summed E-state index contributed by atoms with van der Waals surface area (Å²) in [6.07, 6.45) is 2.56. The number of amides is 1. The number of carbonyl (C=O) groups is 1. The molecule has 1 fully saturated rings. The molecule has 2 heterocycles. The highest BCUT2D eigenvalue weighted by Gasteiger charge is 2.29. The first-order valence-corrected chi connectivity index (χ1v) is 7.78. The number of halogens is 2. The Morgan fingerprint density at radius 2 is 2.23 bits per heavy atom. The van der Waals surface area contributed by atoms with Gasteiger partial charge >= 0.3 is 0 Å². The molecule has 3 rings (SSSR count). The Morgan fingerprint density at radius 3 is 3.00 bits per heavy atom. The summed E-state index contributed by atoms with van der Waals surface area (Å²) in [6, 6.07) is 8.73. The fourth-order valence-electron chi connectivity index (χ4n) is 2.56. The molecule has 1 aliphatic heterocycles. The van der Waals surface area contributed by atoms with Gasteiger partial charge in [-0.05, 0) is 30.7 Å². The molecule has 0 spiro atoms. The highest BCUT2D eigenvalue weighted by atomic mass is 35.5. The van der Waals surface area contributed by atoms with Crippen LogP contribution in [-0.2, 0) is 4.79 Å². The van der Waals surface area contributed by atoms with E-state index in [1.54, 1.807) is 29.4 Å². The maximum Gasteiger partial charge on any atom is 0.260 e. The van der Waals surface area contributed by atoms with E-state index < -0.39 is 0 Å². The molecule has 116 valence electrons. The molecule has 1 unspecified atom stereocenters. The van der Waals surface area contributed by atoms with E-state index in [4.69, 9.17) is 32.4 Å². The number of hydrogen-bond donors (Lipinski definition) is 0. The summed E-state index contributed by atoms with van der Waals surface area (Å²) in [5, 5.41) is 0.956. The Balaban J connectivity index is 1.56. The van der Waals surface area contributed by atoms with Crippen LogP contribution < -0.4 is 4.74 Å². The number of nitrogens with zero attached hydrogens (tertiary/aromatic N) is 1. The van der Waals surface area contributed by atoms with Crippen LogP contribution in [0.5, 0.6) is 5.75 Å².